The molecule has 3 fully saturated rings. The van der Waals surface area contributed by atoms with Gasteiger partial charge >= 0.3 is 6.01 Å². The van der Waals surface area contributed by atoms with Crippen LogP contribution in [0.5, 0.6) is 11.8 Å². The highest BCUT2D eigenvalue weighted by atomic mass is 16.5. The summed E-state index contributed by atoms with van der Waals surface area (Å²) >= 11 is 0. The third-order valence-corrected chi connectivity index (χ3v) is 9.18. The molecule has 37 heavy (non-hydrogen) atoms. The molecule has 3 saturated heterocycles. The van der Waals surface area contributed by atoms with Crippen LogP contribution in [0.3, 0.4) is 0 Å². The standard InChI is InChI=1S/C30H37N5O2/c1-34-11-4-6-23(34)18-37-30-32-27-17-35(28-16-24(36)15-19-5-2-3-7-25(19)28)12-10-26(27)29(33-30)20-13-21-8-9-22(14-20)31-21/h2-3,5,7,15-16,20-23,31,36H,4,6,8-14,17-18H2,1H3/t20?,21-,22+,23-/m0/s1. The van der Waals surface area contributed by atoms with Gasteiger partial charge in [0.15, 0.2) is 0 Å². The van der Waals surface area contributed by atoms with Gasteiger partial charge in [0.1, 0.15) is 12.4 Å². The van der Waals surface area contributed by atoms with Crippen LogP contribution in [-0.4, -0.2) is 64.8 Å². The summed E-state index contributed by atoms with van der Waals surface area (Å²) in [4.78, 5) is 14.9. The lowest BCUT2D eigenvalue weighted by Crippen LogP contribution is -2.39. The van der Waals surface area contributed by atoms with Gasteiger partial charge in [0.25, 0.3) is 0 Å². The van der Waals surface area contributed by atoms with E-state index in [-0.39, 0.29) is 0 Å². The first-order chi connectivity index (χ1) is 18.1. The SMILES string of the molecule is CN1CCC[C@H]1COc1nc2c(c(C3C[C@H]4CC[C@@H](C3)N4)n1)CCN(c1cc(O)cc3ccccc13)C2. The minimum absolute atomic E-state index is 0.303. The monoisotopic (exact) mass is 499 g/mol. The van der Waals surface area contributed by atoms with Crippen molar-refractivity contribution in [1.82, 2.24) is 20.2 Å². The van der Waals surface area contributed by atoms with Crippen molar-refractivity contribution in [2.24, 2.45) is 0 Å². The summed E-state index contributed by atoms with van der Waals surface area (Å²) in [7, 11) is 2.18. The van der Waals surface area contributed by atoms with Gasteiger partial charge in [-0.1, -0.05) is 24.3 Å². The number of fused-ring (bicyclic) bond motifs is 4. The van der Waals surface area contributed by atoms with Crippen LogP contribution in [0.2, 0.25) is 0 Å². The van der Waals surface area contributed by atoms with Crippen molar-refractivity contribution in [3.05, 3.63) is 53.3 Å². The molecule has 2 bridgehead atoms. The molecule has 0 radical (unpaired) electrons. The quantitative estimate of drug-likeness (QED) is 0.540. The molecule has 1 unspecified atom stereocenters. The predicted octanol–water partition coefficient (Wildman–Crippen LogP) is 4.37. The minimum Gasteiger partial charge on any atom is -0.508 e. The molecule has 4 aliphatic rings. The largest absolute Gasteiger partial charge is 0.508 e. The fourth-order valence-electron chi connectivity index (χ4n) is 7.22. The average Bonchev–Trinajstić information content (AvgIpc) is 3.49. The number of aromatic nitrogens is 2. The van der Waals surface area contributed by atoms with Crippen LogP contribution in [0.4, 0.5) is 5.69 Å². The normalized spacial score (nSPS) is 27.5. The number of likely N-dealkylation sites (tertiary alicyclic amines) is 1. The second-order valence-corrected chi connectivity index (χ2v) is 11.6. The van der Waals surface area contributed by atoms with Crippen molar-refractivity contribution in [2.45, 2.75) is 75.5 Å². The van der Waals surface area contributed by atoms with E-state index in [4.69, 9.17) is 14.7 Å². The van der Waals surface area contributed by atoms with Gasteiger partial charge in [0.2, 0.25) is 0 Å². The number of phenols is 1. The Labute approximate surface area is 218 Å². The molecule has 7 nitrogen and oxygen atoms in total. The van der Waals surface area contributed by atoms with E-state index < -0.39 is 0 Å². The Bertz CT molecular complexity index is 1300. The van der Waals surface area contributed by atoms with Crippen LogP contribution in [0.25, 0.3) is 10.8 Å². The summed E-state index contributed by atoms with van der Waals surface area (Å²) in [6.45, 7) is 3.37. The molecule has 0 saturated carbocycles. The number of benzene rings is 2. The molecule has 3 aromatic rings. The highest BCUT2D eigenvalue weighted by Crippen LogP contribution is 2.41. The zero-order valence-corrected chi connectivity index (χ0v) is 21.7. The molecular weight excluding hydrogens is 462 g/mol. The number of piperidine rings is 1. The highest BCUT2D eigenvalue weighted by Gasteiger charge is 2.37. The van der Waals surface area contributed by atoms with Crippen LogP contribution >= 0.6 is 0 Å². The number of phenolic OH excluding ortho intramolecular Hbond substituents is 1. The maximum atomic E-state index is 10.5. The highest BCUT2D eigenvalue weighted by molar-refractivity contribution is 5.95. The zero-order valence-electron chi connectivity index (χ0n) is 21.7. The lowest BCUT2D eigenvalue weighted by atomic mass is 9.85. The van der Waals surface area contributed by atoms with Crippen molar-refractivity contribution in [1.29, 1.82) is 0 Å². The molecule has 0 spiro atoms. The number of hydrogen-bond acceptors (Lipinski definition) is 7. The average molecular weight is 500 g/mol. The molecule has 0 aliphatic carbocycles. The molecule has 2 N–H and O–H groups in total. The molecular formula is C30H37N5O2. The van der Waals surface area contributed by atoms with E-state index in [9.17, 15) is 5.11 Å². The van der Waals surface area contributed by atoms with E-state index in [1.54, 1.807) is 0 Å². The lowest BCUT2D eigenvalue weighted by Gasteiger charge is -2.35. The summed E-state index contributed by atoms with van der Waals surface area (Å²) < 4.78 is 6.32. The molecule has 194 valence electrons. The fraction of sp³-hybridized carbons (Fsp3) is 0.533. The summed E-state index contributed by atoms with van der Waals surface area (Å²) in [6.07, 6.45) is 8.20. The van der Waals surface area contributed by atoms with Gasteiger partial charge in [-0.25, -0.2) is 0 Å². The Morgan fingerprint density at radius 2 is 1.89 bits per heavy atom. The van der Waals surface area contributed by atoms with Crippen LogP contribution in [0, 0.1) is 0 Å². The molecule has 5 heterocycles. The number of rotatable bonds is 5. The molecule has 0 amide bonds. The van der Waals surface area contributed by atoms with Gasteiger partial charge in [-0.15, -0.1) is 0 Å². The first kappa shape index (κ1) is 23.2. The number of ether oxygens (including phenoxy) is 1. The molecule has 7 rings (SSSR count). The first-order valence-electron chi connectivity index (χ1n) is 14.1. The van der Waals surface area contributed by atoms with Crippen molar-refractivity contribution >= 4 is 16.5 Å². The fourth-order valence-corrected chi connectivity index (χ4v) is 7.22. The van der Waals surface area contributed by atoms with Crippen LogP contribution < -0.4 is 15.0 Å². The third kappa shape index (κ3) is 4.42. The molecule has 7 heteroatoms. The van der Waals surface area contributed by atoms with Gasteiger partial charge in [-0.2, -0.15) is 9.97 Å². The smallest absolute Gasteiger partial charge is 0.316 e. The molecule has 4 aliphatic heterocycles. The third-order valence-electron chi connectivity index (χ3n) is 9.18. The van der Waals surface area contributed by atoms with Gasteiger partial charge in [0, 0.05) is 47.7 Å². The van der Waals surface area contributed by atoms with E-state index in [0.29, 0.717) is 49.0 Å². The maximum absolute atomic E-state index is 10.5. The summed E-state index contributed by atoms with van der Waals surface area (Å²) in [5.74, 6) is 0.776. The summed E-state index contributed by atoms with van der Waals surface area (Å²) in [5, 5.41) is 16.5. The number of anilines is 1. The van der Waals surface area contributed by atoms with Gasteiger partial charge in [0.05, 0.1) is 17.9 Å². The molecule has 2 aromatic carbocycles. The van der Waals surface area contributed by atoms with E-state index in [2.05, 4.69) is 40.4 Å². The Morgan fingerprint density at radius 1 is 1.05 bits per heavy atom. The molecule has 1 aromatic heterocycles. The summed E-state index contributed by atoms with van der Waals surface area (Å²) in [5.41, 5.74) is 4.72. The van der Waals surface area contributed by atoms with Crippen LogP contribution in [0.15, 0.2) is 36.4 Å². The number of aromatic hydroxyl groups is 1. The van der Waals surface area contributed by atoms with Crippen molar-refractivity contribution < 1.29 is 9.84 Å². The molecule has 4 atom stereocenters. The van der Waals surface area contributed by atoms with Gasteiger partial charge < -0.3 is 25.0 Å². The van der Waals surface area contributed by atoms with Gasteiger partial charge in [-0.3, -0.25) is 0 Å². The maximum Gasteiger partial charge on any atom is 0.316 e. The van der Waals surface area contributed by atoms with Crippen LogP contribution in [0.1, 0.15) is 61.4 Å². The topological polar surface area (TPSA) is 73.8 Å². The second-order valence-electron chi connectivity index (χ2n) is 11.6. The first-order valence-corrected chi connectivity index (χ1v) is 14.1. The van der Waals surface area contributed by atoms with Crippen molar-refractivity contribution in [3.63, 3.8) is 0 Å². The van der Waals surface area contributed by atoms with Crippen LogP contribution in [-0.2, 0) is 13.0 Å². The Hall–Kier alpha value is -2.90. The van der Waals surface area contributed by atoms with E-state index in [1.165, 1.54) is 36.9 Å². The van der Waals surface area contributed by atoms with Crippen molar-refractivity contribution in [2.75, 3.05) is 31.6 Å². The summed E-state index contributed by atoms with van der Waals surface area (Å²) in [6, 6.07) is 14.2. The number of likely N-dealkylation sites (N-methyl/N-ethyl adjacent to an activating group) is 1. The van der Waals surface area contributed by atoms with E-state index >= 15 is 0 Å². The zero-order chi connectivity index (χ0) is 24.9. The number of nitrogens with one attached hydrogen (secondary N) is 1. The van der Waals surface area contributed by atoms with Crippen molar-refractivity contribution in [3.8, 4) is 11.8 Å². The second kappa shape index (κ2) is 9.44. The lowest BCUT2D eigenvalue weighted by molar-refractivity contribution is 0.186. The van der Waals surface area contributed by atoms with E-state index in [1.807, 2.05) is 18.2 Å². The van der Waals surface area contributed by atoms with E-state index in [0.717, 1.165) is 54.5 Å². The number of hydrogen-bond donors (Lipinski definition) is 2. The minimum atomic E-state index is 0.303. The predicted molar refractivity (Wildman–Crippen MR) is 145 cm³/mol. The number of nitrogens with zero attached hydrogens (tertiary/aromatic N) is 4. The van der Waals surface area contributed by atoms with Gasteiger partial charge in [-0.05, 0) is 75.6 Å². The Morgan fingerprint density at radius 3 is 2.70 bits per heavy atom. The Balaban J connectivity index is 1.23. The Kier molecular flexibility index (Phi) is 5.93.